The minimum absolute atomic E-state index is 0.530. The summed E-state index contributed by atoms with van der Waals surface area (Å²) in [6, 6.07) is 0. The molecule has 2 aliphatic heterocycles. The smallest absolute Gasteiger partial charge is 0.185 e. The summed E-state index contributed by atoms with van der Waals surface area (Å²) < 4.78 is 5.46. The maximum atomic E-state index is 5.46. The molecule has 5 heteroatoms. The molecule has 2 aliphatic rings. The Labute approximate surface area is 106 Å². The number of aryl methyl sites for hydroxylation is 1. The minimum Gasteiger partial charge on any atom is -0.381 e. The molecule has 1 atom stereocenters. The summed E-state index contributed by atoms with van der Waals surface area (Å²) in [5, 5.41) is 4.58. The van der Waals surface area contributed by atoms with Crippen LogP contribution in [-0.2, 0) is 4.74 Å². The number of anilines is 1. The number of aromatic nitrogens is 1. The second-order valence-corrected chi connectivity index (χ2v) is 5.92. The monoisotopic (exact) mass is 253 g/mol. The number of piperazine rings is 1. The summed E-state index contributed by atoms with van der Waals surface area (Å²) in [5.74, 6) is 0.530. The van der Waals surface area contributed by atoms with E-state index in [4.69, 9.17) is 9.72 Å². The largest absolute Gasteiger partial charge is 0.381 e. The molecule has 0 aromatic carbocycles. The molecule has 1 aromatic rings. The van der Waals surface area contributed by atoms with Crippen LogP contribution in [0.15, 0.2) is 0 Å². The molecule has 94 valence electrons. The fourth-order valence-corrected chi connectivity index (χ4v) is 3.56. The molecule has 1 aromatic heterocycles. The maximum Gasteiger partial charge on any atom is 0.185 e. The van der Waals surface area contributed by atoms with Gasteiger partial charge in [0.25, 0.3) is 0 Å². The Bertz CT molecular complexity index is 381. The SMILES string of the molecule is Cc1sc(N2CCNCC2)nc1C1CCOC1. The van der Waals surface area contributed by atoms with Crippen molar-refractivity contribution < 1.29 is 4.74 Å². The van der Waals surface area contributed by atoms with Crippen molar-refractivity contribution in [2.45, 2.75) is 19.3 Å². The van der Waals surface area contributed by atoms with E-state index in [0.29, 0.717) is 5.92 Å². The van der Waals surface area contributed by atoms with Crippen LogP contribution in [0.1, 0.15) is 22.9 Å². The zero-order valence-electron chi connectivity index (χ0n) is 10.2. The molecule has 0 spiro atoms. The topological polar surface area (TPSA) is 37.4 Å². The summed E-state index contributed by atoms with van der Waals surface area (Å²) in [6.45, 7) is 8.23. The van der Waals surface area contributed by atoms with Gasteiger partial charge in [0, 0.05) is 43.6 Å². The lowest BCUT2D eigenvalue weighted by Crippen LogP contribution is -2.43. The van der Waals surface area contributed by atoms with Crippen molar-refractivity contribution in [3.05, 3.63) is 10.6 Å². The van der Waals surface area contributed by atoms with Crippen LogP contribution in [0.4, 0.5) is 5.13 Å². The molecule has 0 saturated carbocycles. The number of hydrogen-bond acceptors (Lipinski definition) is 5. The van der Waals surface area contributed by atoms with E-state index in [1.807, 2.05) is 11.3 Å². The van der Waals surface area contributed by atoms with E-state index < -0.39 is 0 Å². The van der Waals surface area contributed by atoms with E-state index in [1.165, 1.54) is 15.7 Å². The fourth-order valence-electron chi connectivity index (χ4n) is 2.51. The van der Waals surface area contributed by atoms with E-state index >= 15 is 0 Å². The Morgan fingerprint density at radius 3 is 2.94 bits per heavy atom. The summed E-state index contributed by atoms with van der Waals surface area (Å²) in [6.07, 6.45) is 1.13. The van der Waals surface area contributed by atoms with E-state index in [-0.39, 0.29) is 0 Å². The van der Waals surface area contributed by atoms with Crippen molar-refractivity contribution in [3.8, 4) is 0 Å². The first kappa shape index (κ1) is 11.4. The first-order chi connectivity index (χ1) is 8.34. The quantitative estimate of drug-likeness (QED) is 0.863. The van der Waals surface area contributed by atoms with Crippen LogP contribution < -0.4 is 10.2 Å². The Morgan fingerprint density at radius 2 is 2.24 bits per heavy atom. The van der Waals surface area contributed by atoms with Gasteiger partial charge in [-0.3, -0.25) is 0 Å². The van der Waals surface area contributed by atoms with Crippen molar-refractivity contribution in [3.63, 3.8) is 0 Å². The van der Waals surface area contributed by atoms with Crippen LogP contribution in [-0.4, -0.2) is 44.4 Å². The van der Waals surface area contributed by atoms with E-state index in [1.54, 1.807) is 0 Å². The van der Waals surface area contributed by atoms with Crippen LogP contribution in [0.25, 0.3) is 0 Å². The van der Waals surface area contributed by atoms with E-state index in [9.17, 15) is 0 Å². The third-order valence-electron chi connectivity index (χ3n) is 3.53. The van der Waals surface area contributed by atoms with Crippen LogP contribution in [0.2, 0.25) is 0 Å². The zero-order chi connectivity index (χ0) is 11.7. The van der Waals surface area contributed by atoms with Gasteiger partial charge >= 0.3 is 0 Å². The predicted molar refractivity (Wildman–Crippen MR) is 70.1 cm³/mol. The molecule has 0 bridgehead atoms. The average Bonchev–Trinajstić information content (AvgIpc) is 2.99. The highest BCUT2D eigenvalue weighted by Crippen LogP contribution is 2.33. The third-order valence-corrected chi connectivity index (χ3v) is 4.57. The number of thiazole rings is 1. The number of nitrogens with zero attached hydrogens (tertiary/aromatic N) is 2. The first-order valence-electron chi connectivity index (χ1n) is 6.35. The summed E-state index contributed by atoms with van der Waals surface area (Å²) in [7, 11) is 0. The molecular weight excluding hydrogens is 234 g/mol. The average molecular weight is 253 g/mol. The van der Waals surface area contributed by atoms with Crippen molar-refractivity contribution in [2.75, 3.05) is 44.3 Å². The Hall–Kier alpha value is -0.650. The molecule has 4 nitrogen and oxygen atoms in total. The minimum atomic E-state index is 0.530. The summed E-state index contributed by atoms with van der Waals surface area (Å²) >= 11 is 1.84. The van der Waals surface area contributed by atoms with Crippen molar-refractivity contribution in [1.82, 2.24) is 10.3 Å². The van der Waals surface area contributed by atoms with Gasteiger partial charge in [-0.1, -0.05) is 0 Å². The highest BCUT2D eigenvalue weighted by molar-refractivity contribution is 7.15. The molecule has 3 heterocycles. The summed E-state index contributed by atoms with van der Waals surface area (Å²) in [5.41, 5.74) is 1.28. The van der Waals surface area contributed by atoms with Crippen LogP contribution in [0, 0.1) is 6.92 Å². The maximum absolute atomic E-state index is 5.46. The van der Waals surface area contributed by atoms with Gasteiger partial charge in [-0.05, 0) is 13.3 Å². The lowest BCUT2D eigenvalue weighted by molar-refractivity contribution is 0.193. The highest BCUT2D eigenvalue weighted by Gasteiger charge is 2.24. The standard InChI is InChI=1S/C12H19N3OS/c1-9-11(10-2-7-16-8-10)14-12(17-9)15-5-3-13-4-6-15/h10,13H,2-8H2,1H3. The molecule has 0 amide bonds. The van der Waals surface area contributed by atoms with E-state index in [0.717, 1.165) is 45.8 Å². The first-order valence-corrected chi connectivity index (χ1v) is 7.17. The molecular formula is C12H19N3OS. The van der Waals surface area contributed by atoms with Gasteiger partial charge in [0.05, 0.1) is 12.3 Å². The van der Waals surface area contributed by atoms with Crippen LogP contribution in [0.5, 0.6) is 0 Å². The van der Waals surface area contributed by atoms with E-state index in [2.05, 4.69) is 17.1 Å². The Kier molecular flexibility index (Phi) is 3.31. The second-order valence-electron chi connectivity index (χ2n) is 4.74. The molecule has 2 fully saturated rings. The molecule has 3 rings (SSSR count). The molecule has 2 saturated heterocycles. The van der Waals surface area contributed by atoms with Crippen molar-refractivity contribution in [1.29, 1.82) is 0 Å². The Balaban J connectivity index is 1.79. The normalized spacial score (nSPS) is 25.5. The number of nitrogens with one attached hydrogen (secondary N) is 1. The Morgan fingerprint density at radius 1 is 1.41 bits per heavy atom. The van der Waals surface area contributed by atoms with Gasteiger partial charge in [-0.2, -0.15) is 0 Å². The molecule has 17 heavy (non-hydrogen) atoms. The van der Waals surface area contributed by atoms with Crippen molar-refractivity contribution >= 4 is 16.5 Å². The van der Waals surface area contributed by atoms with Crippen LogP contribution in [0.3, 0.4) is 0 Å². The number of rotatable bonds is 2. The predicted octanol–water partition coefficient (Wildman–Crippen LogP) is 1.37. The van der Waals surface area contributed by atoms with Gasteiger partial charge in [-0.15, -0.1) is 11.3 Å². The molecule has 1 N–H and O–H groups in total. The van der Waals surface area contributed by atoms with Gasteiger partial charge in [0.15, 0.2) is 5.13 Å². The van der Waals surface area contributed by atoms with Gasteiger partial charge < -0.3 is 15.0 Å². The summed E-state index contributed by atoms with van der Waals surface area (Å²) in [4.78, 5) is 8.62. The molecule has 0 aliphatic carbocycles. The van der Waals surface area contributed by atoms with Gasteiger partial charge in [0.1, 0.15) is 0 Å². The molecule has 1 unspecified atom stereocenters. The zero-order valence-corrected chi connectivity index (χ0v) is 11.1. The third kappa shape index (κ3) is 2.32. The lowest BCUT2D eigenvalue weighted by atomic mass is 10.0. The fraction of sp³-hybridized carbons (Fsp3) is 0.750. The van der Waals surface area contributed by atoms with Crippen molar-refractivity contribution in [2.24, 2.45) is 0 Å². The van der Waals surface area contributed by atoms with Gasteiger partial charge in [-0.25, -0.2) is 4.98 Å². The number of ether oxygens (including phenoxy) is 1. The number of hydrogen-bond donors (Lipinski definition) is 1. The highest BCUT2D eigenvalue weighted by atomic mass is 32.1. The van der Waals surface area contributed by atoms with Gasteiger partial charge in [0.2, 0.25) is 0 Å². The van der Waals surface area contributed by atoms with Crippen LogP contribution >= 0.6 is 11.3 Å². The molecule has 0 radical (unpaired) electrons. The second kappa shape index (κ2) is 4.92. The lowest BCUT2D eigenvalue weighted by Gasteiger charge is -2.26.